The van der Waals surface area contributed by atoms with Gasteiger partial charge in [-0.1, -0.05) is 13.8 Å². The van der Waals surface area contributed by atoms with Crippen LogP contribution in [0.15, 0.2) is 0 Å². The molecule has 0 aromatic heterocycles. The van der Waals surface area contributed by atoms with E-state index in [-0.39, 0.29) is 6.04 Å². The molecule has 0 rings (SSSR count). The lowest BCUT2D eigenvalue weighted by atomic mass is 10.2. The molecular formula is C7H14N2O2S. The van der Waals surface area contributed by atoms with Gasteiger partial charge in [0.1, 0.15) is 0 Å². The lowest BCUT2D eigenvalue weighted by Crippen LogP contribution is -2.35. The molecule has 0 radical (unpaired) electrons. The third kappa shape index (κ3) is 4.31. The van der Waals surface area contributed by atoms with Gasteiger partial charge in [-0.3, -0.25) is 0 Å². The molecule has 0 amide bonds. The van der Waals surface area contributed by atoms with E-state index in [1.54, 1.807) is 6.07 Å². The Hall–Kier alpha value is -0.600. The van der Waals surface area contributed by atoms with Gasteiger partial charge >= 0.3 is 0 Å². The first-order valence-electron chi connectivity index (χ1n) is 3.92. The van der Waals surface area contributed by atoms with E-state index < -0.39 is 15.8 Å². The van der Waals surface area contributed by atoms with Crippen LogP contribution in [0.2, 0.25) is 0 Å². The van der Waals surface area contributed by atoms with E-state index in [0.717, 1.165) is 12.8 Å². The van der Waals surface area contributed by atoms with Crippen LogP contribution in [0.5, 0.6) is 0 Å². The van der Waals surface area contributed by atoms with Gasteiger partial charge in [0.05, 0.1) is 6.07 Å². The molecule has 0 atom stereocenters. The zero-order valence-corrected chi connectivity index (χ0v) is 8.19. The highest BCUT2D eigenvalue weighted by Crippen LogP contribution is 1.98. The molecule has 0 aromatic carbocycles. The average Bonchev–Trinajstić information content (AvgIpc) is 2.00. The molecule has 12 heavy (non-hydrogen) atoms. The molecule has 0 saturated carbocycles. The van der Waals surface area contributed by atoms with Crippen molar-refractivity contribution in [3.63, 3.8) is 0 Å². The summed E-state index contributed by atoms with van der Waals surface area (Å²) in [5.41, 5.74) is 0. The number of nitriles is 1. The monoisotopic (exact) mass is 190 g/mol. The molecule has 5 heteroatoms. The predicted molar refractivity (Wildman–Crippen MR) is 46.9 cm³/mol. The second-order valence-electron chi connectivity index (χ2n) is 2.55. The third-order valence-electron chi connectivity index (χ3n) is 1.59. The van der Waals surface area contributed by atoms with Crippen LogP contribution in [0.3, 0.4) is 0 Å². The van der Waals surface area contributed by atoms with Crippen LogP contribution >= 0.6 is 0 Å². The van der Waals surface area contributed by atoms with Gasteiger partial charge in [0.15, 0.2) is 5.75 Å². The summed E-state index contributed by atoms with van der Waals surface area (Å²) in [6.07, 6.45) is 1.50. The van der Waals surface area contributed by atoms with E-state index >= 15 is 0 Å². The van der Waals surface area contributed by atoms with Gasteiger partial charge in [0, 0.05) is 6.04 Å². The van der Waals surface area contributed by atoms with Crippen molar-refractivity contribution in [3.8, 4) is 6.07 Å². The van der Waals surface area contributed by atoms with Crippen molar-refractivity contribution in [2.45, 2.75) is 32.7 Å². The van der Waals surface area contributed by atoms with Gasteiger partial charge in [-0.15, -0.1) is 0 Å². The number of sulfonamides is 1. The van der Waals surface area contributed by atoms with Crippen molar-refractivity contribution < 1.29 is 8.42 Å². The Morgan fingerprint density at radius 1 is 1.42 bits per heavy atom. The highest BCUT2D eigenvalue weighted by Gasteiger charge is 2.13. The Kier molecular flexibility index (Phi) is 4.86. The fourth-order valence-corrected chi connectivity index (χ4v) is 1.93. The molecule has 0 bridgehead atoms. The zero-order chi connectivity index (χ0) is 9.61. The highest BCUT2D eigenvalue weighted by atomic mass is 32.2. The normalized spacial score (nSPS) is 11.5. The summed E-state index contributed by atoms with van der Waals surface area (Å²) in [5.74, 6) is -0.455. The molecule has 1 N–H and O–H groups in total. The SMILES string of the molecule is CCC(CC)NS(=O)(=O)CC#N. The summed E-state index contributed by atoms with van der Waals surface area (Å²) in [4.78, 5) is 0. The van der Waals surface area contributed by atoms with Gasteiger partial charge in [0.2, 0.25) is 10.0 Å². The molecule has 0 fully saturated rings. The summed E-state index contributed by atoms with van der Waals surface area (Å²) in [7, 11) is -3.37. The van der Waals surface area contributed by atoms with Crippen molar-refractivity contribution in [3.05, 3.63) is 0 Å². The van der Waals surface area contributed by atoms with Gasteiger partial charge < -0.3 is 0 Å². The average molecular weight is 190 g/mol. The van der Waals surface area contributed by atoms with E-state index in [4.69, 9.17) is 5.26 Å². The number of hydrogen-bond donors (Lipinski definition) is 1. The number of nitrogens with zero attached hydrogens (tertiary/aromatic N) is 1. The smallest absolute Gasteiger partial charge is 0.211 e. The topological polar surface area (TPSA) is 70.0 Å². The zero-order valence-electron chi connectivity index (χ0n) is 7.37. The Morgan fingerprint density at radius 2 is 1.92 bits per heavy atom. The first kappa shape index (κ1) is 11.4. The summed E-state index contributed by atoms with van der Waals surface area (Å²) in [5, 5.41) is 8.19. The molecule has 0 aromatic rings. The largest absolute Gasteiger partial charge is 0.225 e. The summed E-state index contributed by atoms with van der Waals surface area (Å²) in [6, 6.07) is 1.57. The fraction of sp³-hybridized carbons (Fsp3) is 0.857. The molecule has 0 spiro atoms. The van der Waals surface area contributed by atoms with E-state index in [0.29, 0.717) is 0 Å². The summed E-state index contributed by atoms with van der Waals surface area (Å²) in [6.45, 7) is 3.81. The van der Waals surface area contributed by atoms with Crippen LogP contribution in [0.1, 0.15) is 26.7 Å². The van der Waals surface area contributed by atoms with E-state index in [1.165, 1.54) is 0 Å². The molecule has 0 saturated heterocycles. The van der Waals surface area contributed by atoms with E-state index in [2.05, 4.69) is 4.72 Å². The Bertz CT molecular complexity index is 249. The maximum atomic E-state index is 11.0. The van der Waals surface area contributed by atoms with Crippen LogP contribution in [0.25, 0.3) is 0 Å². The van der Waals surface area contributed by atoms with Gasteiger partial charge in [-0.25, -0.2) is 13.1 Å². The van der Waals surface area contributed by atoms with Crippen LogP contribution in [0, 0.1) is 11.3 Å². The van der Waals surface area contributed by atoms with E-state index in [1.807, 2.05) is 13.8 Å². The Morgan fingerprint density at radius 3 is 2.25 bits per heavy atom. The minimum atomic E-state index is -3.37. The minimum absolute atomic E-state index is 0.0386. The number of hydrogen-bond acceptors (Lipinski definition) is 3. The Balaban J connectivity index is 4.15. The molecule has 0 heterocycles. The number of rotatable bonds is 5. The molecule has 70 valence electrons. The van der Waals surface area contributed by atoms with Crippen LogP contribution in [0.4, 0.5) is 0 Å². The molecule has 0 unspecified atom stereocenters. The molecule has 0 aliphatic carbocycles. The minimum Gasteiger partial charge on any atom is -0.211 e. The van der Waals surface area contributed by atoms with Crippen molar-refractivity contribution >= 4 is 10.0 Å². The van der Waals surface area contributed by atoms with Crippen molar-refractivity contribution in [2.75, 3.05) is 5.75 Å². The third-order valence-corrected chi connectivity index (χ3v) is 2.79. The van der Waals surface area contributed by atoms with Crippen LogP contribution in [-0.2, 0) is 10.0 Å². The predicted octanol–water partition coefficient (Wildman–Crippen LogP) is 0.618. The van der Waals surface area contributed by atoms with Crippen molar-refractivity contribution in [2.24, 2.45) is 0 Å². The van der Waals surface area contributed by atoms with Crippen LogP contribution in [-0.4, -0.2) is 20.2 Å². The van der Waals surface area contributed by atoms with Gasteiger partial charge in [0.25, 0.3) is 0 Å². The second kappa shape index (κ2) is 5.12. The van der Waals surface area contributed by atoms with E-state index in [9.17, 15) is 8.42 Å². The fourth-order valence-electron chi connectivity index (χ4n) is 0.836. The van der Waals surface area contributed by atoms with Crippen molar-refractivity contribution in [1.82, 2.24) is 4.72 Å². The molecule has 0 aliphatic heterocycles. The van der Waals surface area contributed by atoms with Crippen molar-refractivity contribution in [1.29, 1.82) is 5.26 Å². The van der Waals surface area contributed by atoms with Crippen LogP contribution < -0.4 is 4.72 Å². The quantitative estimate of drug-likeness (QED) is 0.690. The summed E-state index contributed by atoms with van der Waals surface area (Å²) < 4.78 is 24.5. The second-order valence-corrected chi connectivity index (χ2v) is 4.30. The van der Waals surface area contributed by atoms with Gasteiger partial charge in [-0.2, -0.15) is 5.26 Å². The lowest BCUT2D eigenvalue weighted by Gasteiger charge is -2.12. The number of nitrogens with one attached hydrogen (secondary N) is 1. The highest BCUT2D eigenvalue weighted by molar-refractivity contribution is 7.89. The maximum Gasteiger partial charge on any atom is 0.225 e. The summed E-state index contributed by atoms with van der Waals surface area (Å²) >= 11 is 0. The molecule has 4 nitrogen and oxygen atoms in total. The van der Waals surface area contributed by atoms with Gasteiger partial charge in [-0.05, 0) is 12.8 Å². The first-order chi connectivity index (χ1) is 5.55. The Labute approximate surface area is 73.6 Å². The lowest BCUT2D eigenvalue weighted by molar-refractivity contribution is 0.532. The molecular weight excluding hydrogens is 176 g/mol. The molecule has 0 aliphatic rings. The maximum absolute atomic E-state index is 11.0. The first-order valence-corrected chi connectivity index (χ1v) is 5.57. The standard InChI is InChI=1S/C7H14N2O2S/c1-3-7(4-2)9-12(10,11)6-5-8/h7,9H,3-4,6H2,1-2H3.